The van der Waals surface area contributed by atoms with Gasteiger partial charge in [0.2, 0.25) is 11.8 Å². The molecule has 0 bridgehead atoms. The summed E-state index contributed by atoms with van der Waals surface area (Å²) in [5.41, 5.74) is 1.69. The second-order valence-electron chi connectivity index (χ2n) is 7.28. The van der Waals surface area contributed by atoms with Gasteiger partial charge >= 0.3 is 0 Å². The number of anilines is 1. The highest BCUT2D eigenvalue weighted by molar-refractivity contribution is 6.07. The van der Waals surface area contributed by atoms with Gasteiger partial charge in [0.25, 0.3) is 5.91 Å². The number of nitrogens with one attached hydrogen (secondary N) is 2. The SMILES string of the molecule is CCC(=O)N1CCC2(CC1)C(=O)Nc1ccc(C(=O)NC3CC3)cc12. The van der Waals surface area contributed by atoms with E-state index in [0.717, 1.165) is 24.1 Å². The van der Waals surface area contributed by atoms with Gasteiger partial charge in [0.1, 0.15) is 0 Å². The van der Waals surface area contributed by atoms with Crippen molar-refractivity contribution in [2.45, 2.75) is 50.5 Å². The lowest BCUT2D eigenvalue weighted by molar-refractivity contribution is -0.134. The van der Waals surface area contributed by atoms with E-state index in [1.165, 1.54) is 0 Å². The average molecular weight is 341 g/mol. The second kappa shape index (κ2) is 5.86. The summed E-state index contributed by atoms with van der Waals surface area (Å²) in [5.74, 6) is 0.0512. The van der Waals surface area contributed by atoms with Crippen molar-refractivity contribution in [2.24, 2.45) is 0 Å². The van der Waals surface area contributed by atoms with Gasteiger partial charge in [-0.05, 0) is 49.4 Å². The van der Waals surface area contributed by atoms with Gasteiger partial charge in [-0.1, -0.05) is 6.92 Å². The molecule has 6 heteroatoms. The lowest BCUT2D eigenvalue weighted by Gasteiger charge is -2.38. The predicted octanol–water partition coefficient (Wildman–Crippen LogP) is 1.80. The molecule has 2 N–H and O–H groups in total. The molecule has 25 heavy (non-hydrogen) atoms. The van der Waals surface area contributed by atoms with Crippen LogP contribution in [0.1, 0.15) is 54.9 Å². The summed E-state index contributed by atoms with van der Waals surface area (Å²) in [6.45, 7) is 3.02. The van der Waals surface area contributed by atoms with Gasteiger partial charge in [0.15, 0.2) is 0 Å². The molecule has 1 saturated heterocycles. The van der Waals surface area contributed by atoms with E-state index in [1.807, 2.05) is 24.0 Å². The number of nitrogens with zero attached hydrogens (tertiary/aromatic N) is 1. The van der Waals surface area contributed by atoms with E-state index in [2.05, 4.69) is 10.6 Å². The minimum atomic E-state index is -0.615. The van der Waals surface area contributed by atoms with E-state index in [1.54, 1.807) is 6.07 Å². The maximum Gasteiger partial charge on any atom is 0.251 e. The summed E-state index contributed by atoms with van der Waals surface area (Å²) in [6.07, 6.45) is 3.78. The van der Waals surface area contributed by atoms with Crippen LogP contribution >= 0.6 is 0 Å². The van der Waals surface area contributed by atoms with Gasteiger partial charge in [0, 0.05) is 36.8 Å². The van der Waals surface area contributed by atoms with Gasteiger partial charge in [-0.15, -0.1) is 0 Å². The lowest BCUT2D eigenvalue weighted by atomic mass is 9.73. The van der Waals surface area contributed by atoms with Crippen molar-refractivity contribution in [3.8, 4) is 0 Å². The number of hydrogen-bond acceptors (Lipinski definition) is 3. The third-order valence-corrected chi connectivity index (χ3v) is 5.66. The Morgan fingerprint density at radius 1 is 1.28 bits per heavy atom. The maximum absolute atomic E-state index is 12.7. The van der Waals surface area contributed by atoms with Crippen molar-refractivity contribution in [2.75, 3.05) is 18.4 Å². The fourth-order valence-corrected chi connectivity index (χ4v) is 3.91. The molecule has 1 aromatic carbocycles. The Kier molecular flexibility index (Phi) is 3.78. The molecule has 2 heterocycles. The normalized spacial score (nSPS) is 21.0. The number of carbonyl (C=O) groups is 3. The zero-order chi connectivity index (χ0) is 17.6. The molecule has 132 valence electrons. The molecule has 3 amide bonds. The van der Waals surface area contributed by atoms with Crippen molar-refractivity contribution in [1.82, 2.24) is 10.2 Å². The first kappa shape index (κ1) is 16.1. The molecule has 3 aliphatic rings. The summed E-state index contributed by atoms with van der Waals surface area (Å²) in [6, 6.07) is 5.76. The van der Waals surface area contributed by atoms with Crippen LogP contribution in [0.25, 0.3) is 0 Å². The highest BCUT2D eigenvalue weighted by Gasteiger charge is 2.49. The molecule has 0 aromatic heterocycles. The van der Waals surface area contributed by atoms with Crippen LogP contribution in [0.5, 0.6) is 0 Å². The molecule has 0 unspecified atom stereocenters. The Labute approximate surface area is 147 Å². The molecule has 0 atom stereocenters. The monoisotopic (exact) mass is 341 g/mol. The number of rotatable bonds is 3. The van der Waals surface area contributed by atoms with Crippen LogP contribution in [0.15, 0.2) is 18.2 Å². The molecular weight excluding hydrogens is 318 g/mol. The van der Waals surface area contributed by atoms with Crippen LogP contribution in [0.4, 0.5) is 5.69 Å². The van der Waals surface area contributed by atoms with E-state index in [-0.39, 0.29) is 17.7 Å². The Bertz CT molecular complexity index is 746. The fraction of sp³-hybridized carbons (Fsp3) is 0.526. The Balaban J connectivity index is 1.60. The highest BCUT2D eigenvalue weighted by Crippen LogP contribution is 2.45. The minimum absolute atomic E-state index is 0.00847. The second-order valence-corrected chi connectivity index (χ2v) is 7.28. The van der Waals surface area contributed by atoms with Crippen molar-refractivity contribution >= 4 is 23.4 Å². The third-order valence-electron chi connectivity index (χ3n) is 5.66. The zero-order valence-corrected chi connectivity index (χ0v) is 14.4. The summed E-state index contributed by atoms with van der Waals surface area (Å²) in [5, 5.41) is 5.96. The number of piperidine rings is 1. The van der Waals surface area contributed by atoms with Gasteiger partial charge in [0.05, 0.1) is 5.41 Å². The van der Waals surface area contributed by atoms with E-state index in [4.69, 9.17) is 0 Å². The van der Waals surface area contributed by atoms with Gasteiger partial charge < -0.3 is 15.5 Å². The molecule has 2 fully saturated rings. The predicted molar refractivity (Wildman–Crippen MR) is 93.3 cm³/mol. The molecule has 4 rings (SSSR count). The van der Waals surface area contributed by atoms with Crippen LogP contribution in [0, 0.1) is 0 Å². The van der Waals surface area contributed by atoms with Crippen LogP contribution in [0.3, 0.4) is 0 Å². The third kappa shape index (κ3) is 2.69. The van der Waals surface area contributed by atoms with Crippen LogP contribution in [-0.4, -0.2) is 41.8 Å². The first-order valence-corrected chi connectivity index (χ1v) is 9.08. The number of carbonyl (C=O) groups excluding carboxylic acids is 3. The van der Waals surface area contributed by atoms with Crippen molar-refractivity contribution in [1.29, 1.82) is 0 Å². The summed E-state index contributed by atoms with van der Waals surface area (Å²) >= 11 is 0. The lowest BCUT2D eigenvalue weighted by Crippen LogP contribution is -2.48. The Morgan fingerprint density at radius 2 is 2.00 bits per heavy atom. The molecule has 0 radical (unpaired) electrons. The Hall–Kier alpha value is -2.37. The van der Waals surface area contributed by atoms with Crippen molar-refractivity contribution < 1.29 is 14.4 Å². The first-order chi connectivity index (χ1) is 12.0. The largest absolute Gasteiger partial charge is 0.349 e. The van der Waals surface area contributed by atoms with Crippen molar-refractivity contribution in [3.05, 3.63) is 29.3 Å². The maximum atomic E-state index is 12.7. The van der Waals surface area contributed by atoms with Crippen LogP contribution < -0.4 is 10.6 Å². The molecule has 1 aliphatic carbocycles. The summed E-state index contributed by atoms with van der Waals surface area (Å²) in [7, 11) is 0. The van der Waals surface area contributed by atoms with E-state index in [9.17, 15) is 14.4 Å². The number of amides is 3. The van der Waals surface area contributed by atoms with E-state index < -0.39 is 5.41 Å². The minimum Gasteiger partial charge on any atom is -0.349 e. The summed E-state index contributed by atoms with van der Waals surface area (Å²) in [4.78, 5) is 38.8. The van der Waals surface area contributed by atoms with Crippen LogP contribution in [0.2, 0.25) is 0 Å². The topological polar surface area (TPSA) is 78.5 Å². The zero-order valence-electron chi connectivity index (χ0n) is 14.4. The average Bonchev–Trinajstić information content (AvgIpc) is 3.40. The fourth-order valence-electron chi connectivity index (χ4n) is 3.91. The number of hydrogen-bond donors (Lipinski definition) is 2. The standard InChI is InChI=1S/C19H23N3O3/c1-2-16(23)22-9-7-19(8-10-22)14-11-12(17(24)20-13-4-5-13)3-6-15(14)21-18(19)25/h3,6,11,13H,2,4-5,7-10H2,1H3,(H,20,24)(H,21,25). The summed E-state index contributed by atoms with van der Waals surface area (Å²) < 4.78 is 0. The smallest absolute Gasteiger partial charge is 0.251 e. The first-order valence-electron chi connectivity index (χ1n) is 9.08. The Morgan fingerprint density at radius 3 is 2.64 bits per heavy atom. The molecule has 2 aliphatic heterocycles. The van der Waals surface area contributed by atoms with Crippen molar-refractivity contribution in [3.63, 3.8) is 0 Å². The molecule has 1 spiro atoms. The van der Waals surface area contributed by atoms with Gasteiger partial charge in [-0.3, -0.25) is 14.4 Å². The van der Waals surface area contributed by atoms with Gasteiger partial charge in [-0.2, -0.15) is 0 Å². The molecular formula is C19H23N3O3. The van der Waals surface area contributed by atoms with E-state index >= 15 is 0 Å². The quantitative estimate of drug-likeness (QED) is 0.880. The molecule has 1 aromatic rings. The van der Waals surface area contributed by atoms with Gasteiger partial charge in [-0.25, -0.2) is 0 Å². The number of likely N-dealkylation sites (tertiary alicyclic amines) is 1. The molecule has 6 nitrogen and oxygen atoms in total. The highest BCUT2D eigenvalue weighted by atomic mass is 16.2. The van der Waals surface area contributed by atoms with Crippen LogP contribution in [-0.2, 0) is 15.0 Å². The number of benzene rings is 1. The number of fused-ring (bicyclic) bond motifs is 2. The van der Waals surface area contributed by atoms with E-state index in [0.29, 0.717) is 44.0 Å². The molecule has 1 saturated carbocycles.